The molecule has 2 N–H and O–H groups in total. The summed E-state index contributed by atoms with van der Waals surface area (Å²) < 4.78 is 0. The zero-order valence-corrected chi connectivity index (χ0v) is 14.7. The summed E-state index contributed by atoms with van der Waals surface area (Å²) in [6, 6.07) is 11.1. The number of hydrogen-bond donors (Lipinski definition) is 2. The van der Waals surface area contributed by atoms with Crippen LogP contribution in [0.3, 0.4) is 0 Å². The number of rotatable bonds is 6. The van der Waals surface area contributed by atoms with Crippen molar-refractivity contribution in [2.24, 2.45) is 0 Å². The number of aliphatic hydroxyl groups excluding tert-OH is 1. The topological polar surface area (TPSA) is 55.4 Å². The van der Waals surface area contributed by atoms with Crippen molar-refractivity contribution < 1.29 is 5.11 Å². The van der Waals surface area contributed by atoms with Gasteiger partial charge in [-0.2, -0.15) is 5.10 Å². The minimum absolute atomic E-state index is 0.240. The summed E-state index contributed by atoms with van der Waals surface area (Å²) >= 11 is 0. The number of aryl methyl sites for hydroxylation is 2. The summed E-state index contributed by atoms with van der Waals surface area (Å²) in [6.07, 6.45) is 0.821. The third kappa shape index (κ3) is 4.23. The number of hydrogen-bond acceptors (Lipinski definition) is 4. The highest BCUT2D eigenvalue weighted by Crippen LogP contribution is 2.19. The van der Waals surface area contributed by atoms with Crippen LogP contribution in [0.5, 0.6) is 0 Å². The summed E-state index contributed by atoms with van der Waals surface area (Å²) in [6.45, 7) is 9.35. The van der Waals surface area contributed by atoms with E-state index in [2.05, 4.69) is 57.3 Å². The van der Waals surface area contributed by atoms with E-state index in [-0.39, 0.29) is 6.61 Å². The lowest BCUT2D eigenvalue weighted by molar-refractivity contribution is 0.0493. The van der Waals surface area contributed by atoms with Gasteiger partial charge in [-0.05, 0) is 37.5 Å². The smallest absolute Gasteiger partial charge is 0.0765 e. The first-order valence-corrected chi connectivity index (χ1v) is 8.78. The van der Waals surface area contributed by atoms with Crippen molar-refractivity contribution in [3.63, 3.8) is 0 Å². The van der Waals surface area contributed by atoms with Crippen molar-refractivity contribution in [1.29, 1.82) is 0 Å². The number of piperazine rings is 1. The number of H-pyrrole nitrogens is 1. The molecular weight excluding hydrogens is 300 g/mol. The van der Waals surface area contributed by atoms with Crippen LogP contribution in [0.4, 0.5) is 0 Å². The lowest BCUT2D eigenvalue weighted by Gasteiger charge is -2.41. The molecule has 1 fully saturated rings. The average molecular weight is 328 g/mol. The summed E-state index contributed by atoms with van der Waals surface area (Å²) in [5.41, 5.74) is 4.93. The number of nitrogens with zero attached hydrogens (tertiary/aromatic N) is 3. The molecule has 1 aliphatic heterocycles. The van der Waals surface area contributed by atoms with Gasteiger partial charge in [0.25, 0.3) is 0 Å². The second-order valence-electron chi connectivity index (χ2n) is 6.84. The van der Waals surface area contributed by atoms with Gasteiger partial charge in [0, 0.05) is 51.1 Å². The summed E-state index contributed by atoms with van der Waals surface area (Å²) in [5.74, 6) is 0. The van der Waals surface area contributed by atoms with E-state index in [0.29, 0.717) is 6.04 Å². The van der Waals surface area contributed by atoms with Crippen molar-refractivity contribution >= 4 is 0 Å². The van der Waals surface area contributed by atoms with Gasteiger partial charge in [-0.1, -0.05) is 24.3 Å². The van der Waals surface area contributed by atoms with Gasteiger partial charge < -0.3 is 5.11 Å². The Morgan fingerprint density at radius 1 is 1.21 bits per heavy atom. The molecule has 0 saturated carbocycles. The molecule has 2 heterocycles. The van der Waals surface area contributed by atoms with E-state index in [1.165, 1.54) is 11.1 Å². The normalized spacial score (nSPS) is 19.7. The quantitative estimate of drug-likeness (QED) is 0.853. The lowest BCUT2D eigenvalue weighted by atomic mass is 10.0. The van der Waals surface area contributed by atoms with Crippen LogP contribution in [-0.2, 0) is 13.1 Å². The van der Waals surface area contributed by atoms with Crippen LogP contribution in [0.1, 0.15) is 28.9 Å². The van der Waals surface area contributed by atoms with Gasteiger partial charge in [-0.25, -0.2) is 0 Å². The summed E-state index contributed by atoms with van der Waals surface area (Å²) in [7, 11) is 0. The molecule has 5 nitrogen and oxygen atoms in total. The van der Waals surface area contributed by atoms with Crippen molar-refractivity contribution in [2.45, 2.75) is 39.4 Å². The van der Waals surface area contributed by atoms with Crippen molar-refractivity contribution in [3.8, 4) is 0 Å². The maximum Gasteiger partial charge on any atom is 0.0765 e. The van der Waals surface area contributed by atoms with Crippen LogP contribution in [0, 0.1) is 13.8 Å². The molecule has 0 spiro atoms. The molecule has 24 heavy (non-hydrogen) atoms. The Morgan fingerprint density at radius 3 is 2.75 bits per heavy atom. The van der Waals surface area contributed by atoms with Gasteiger partial charge in [-0.3, -0.25) is 14.9 Å². The zero-order valence-electron chi connectivity index (χ0n) is 14.7. The molecule has 5 heteroatoms. The highest BCUT2D eigenvalue weighted by molar-refractivity contribution is 5.25. The van der Waals surface area contributed by atoms with Gasteiger partial charge in [0.1, 0.15) is 0 Å². The first-order valence-electron chi connectivity index (χ1n) is 8.78. The van der Waals surface area contributed by atoms with E-state index in [1.54, 1.807) is 0 Å². The molecule has 0 amide bonds. The minimum atomic E-state index is 0.240. The van der Waals surface area contributed by atoms with E-state index >= 15 is 0 Å². The van der Waals surface area contributed by atoms with E-state index in [0.717, 1.165) is 50.5 Å². The van der Waals surface area contributed by atoms with Gasteiger partial charge >= 0.3 is 0 Å². The van der Waals surface area contributed by atoms with E-state index < -0.39 is 0 Å². The SMILES string of the molecule is Cc1cc(CN2CCN(Cc3ccccc3C)[C@H](CCO)C2)n[nH]1. The first-order chi connectivity index (χ1) is 11.7. The number of benzene rings is 1. The fourth-order valence-electron chi connectivity index (χ4n) is 3.52. The number of aliphatic hydroxyl groups is 1. The predicted octanol–water partition coefficient (Wildman–Crippen LogP) is 2.10. The third-order valence-corrected chi connectivity index (χ3v) is 4.93. The van der Waals surface area contributed by atoms with E-state index in [4.69, 9.17) is 0 Å². The minimum Gasteiger partial charge on any atom is -0.396 e. The molecular formula is C19H28N4O. The molecule has 0 aliphatic carbocycles. The van der Waals surface area contributed by atoms with Crippen LogP contribution >= 0.6 is 0 Å². The Labute approximate surface area is 144 Å². The molecule has 0 bridgehead atoms. The van der Waals surface area contributed by atoms with Gasteiger partial charge in [0.2, 0.25) is 0 Å². The fraction of sp³-hybridized carbons (Fsp3) is 0.526. The molecule has 1 aromatic heterocycles. The van der Waals surface area contributed by atoms with Gasteiger partial charge in [-0.15, -0.1) is 0 Å². The summed E-state index contributed by atoms with van der Waals surface area (Å²) in [5, 5.41) is 16.8. The van der Waals surface area contributed by atoms with Gasteiger partial charge in [0.15, 0.2) is 0 Å². The standard InChI is InChI=1S/C19H28N4O/c1-15-5-3-4-6-17(15)12-23-9-8-22(14-19(23)7-10-24)13-18-11-16(2)20-21-18/h3-6,11,19,24H,7-10,12-14H2,1-2H3,(H,20,21)/t19-/m1/s1. The number of aromatic amines is 1. The molecule has 1 atom stereocenters. The highest BCUT2D eigenvalue weighted by atomic mass is 16.3. The van der Waals surface area contributed by atoms with Crippen LogP contribution in [0.25, 0.3) is 0 Å². The van der Waals surface area contributed by atoms with Crippen LogP contribution in [-0.4, -0.2) is 57.4 Å². The van der Waals surface area contributed by atoms with Crippen molar-refractivity contribution in [1.82, 2.24) is 20.0 Å². The van der Waals surface area contributed by atoms with Crippen molar-refractivity contribution in [2.75, 3.05) is 26.2 Å². The fourth-order valence-corrected chi connectivity index (χ4v) is 3.52. The largest absolute Gasteiger partial charge is 0.396 e. The number of nitrogens with one attached hydrogen (secondary N) is 1. The predicted molar refractivity (Wildman–Crippen MR) is 95.7 cm³/mol. The maximum atomic E-state index is 9.47. The Bertz CT molecular complexity index is 654. The second kappa shape index (κ2) is 7.92. The lowest BCUT2D eigenvalue weighted by Crippen LogP contribution is -2.52. The molecule has 1 saturated heterocycles. The molecule has 1 aromatic carbocycles. The second-order valence-corrected chi connectivity index (χ2v) is 6.84. The van der Waals surface area contributed by atoms with E-state index in [1.807, 2.05) is 6.92 Å². The van der Waals surface area contributed by atoms with Crippen LogP contribution < -0.4 is 0 Å². The Kier molecular flexibility index (Phi) is 5.66. The third-order valence-electron chi connectivity index (χ3n) is 4.93. The zero-order chi connectivity index (χ0) is 16.9. The number of aromatic nitrogens is 2. The maximum absolute atomic E-state index is 9.47. The van der Waals surface area contributed by atoms with Crippen LogP contribution in [0.15, 0.2) is 30.3 Å². The van der Waals surface area contributed by atoms with E-state index in [9.17, 15) is 5.11 Å². The molecule has 1 aliphatic rings. The molecule has 0 unspecified atom stereocenters. The Hall–Kier alpha value is -1.69. The molecule has 0 radical (unpaired) electrons. The molecule has 130 valence electrons. The average Bonchev–Trinajstić information content (AvgIpc) is 2.97. The van der Waals surface area contributed by atoms with Crippen molar-refractivity contribution in [3.05, 3.63) is 52.8 Å². The Balaban J connectivity index is 1.63. The molecule has 3 rings (SSSR count). The van der Waals surface area contributed by atoms with Gasteiger partial charge in [0.05, 0.1) is 5.69 Å². The monoisotopic (exact) mass is 328 g/mol. The van der Waals surface area contributed by atoms with Crippen LogP contribution in [0.2, 0.25) is 0 Å². The summed E-state index contributed by atoms with van der Waals surface area (Å²) in [4.78, 5) is 4.97. The highest BCUT2D eigenvalue weighted by Gasteiger charge is 2.27. The Morgan fingerprint density at radius 2 is 2.04 bits per heavy atom. The first kappa shape index (κ1) is 17.1. The molecule has 2 aromatic rings.